The Labute approximate surface area is 350 Å². The number of likely N-dealkylation sites (tertiary alicyclic amines) is 1. The van der Waals surface area contributed by atoms with Gasteiger partial charge in [0, 0.05) is 17.5 Å². The minimum absolute atomic E-state index is 0.00913. The Morgan fingerprint density at radius 3 is 2.31 bits per heavy atom. The maximum atomic E-state index is 15.5. The molecule has 1 aliphatic heterocycles. The molecule has 6 fully saturated rings. The summed E-state index contributed by atoms with van der Waals surface area (Å²) >= 11 is 0. The van der Waals surface area contributed by atoms with Crippen LogP contribution in [0.2, 0.25) is 0 Å². The van der Waals surface area contributed by atoms with E-state index in [4.69, 9.17) is 14.2 Å². The lowest BCUT2D eigenvalue weighted by Gasteiger charge is -2.73. The van der Waals surface area contributed by atoms with Crippen molar-refractivity contribution < 1.29 is 39.0 Å². The van der Waals surface area contributed by atoms with Gasteiger partial charge in [-0.15, -0.1) is 0 Å². The van der Waals surface area contributed by atoms with E-state index in [-0.39, 0.29) is 70.5 Å². The molecule has 8 rings (SSSR count). The number of esters is 1. The number of aliphatic hydroxyl groups is 2. The topological polar surface area (TPSA) is 163 Å². The van der Waals surface area contributed by atoms with Gasteiger partial charge < -0.3 is 29.5 Å². The standard InChI is InChI=1S/C48H69N3O8/c1-42(2,41(55)56)27-36(53)58-35-20-21-44(5)33(43(35,3)4)19-22-46(7)34(44)17-16-30-37-31(47(8,57)28-52)18-23-48(37,25-24-45(30,46)6)40(54)51-26-12-15-32(51)39-49-38(50-59-39)29-13-10-9-11-14-29/h9-11,13-14,30-35,37,52,57H,12,15-28H2,1-8H3,(H,55,56)/t30-,31-,32-,33+,34-,35+,37+,44+,45-,46-,47?,48+/m1/s1. The predicted molar refractivity (Wildman–Crippen MR) is 221 cm³/mol. The number of hydrogen-bond donors (Lipinski definition) is 3. The molecular formula is C48H69N3O8. The highest BCUT2D eigenvalue weighted by molar-refractivity contribution is 5.85. The molecule has 1 saturated heterocycles. The van der Waals surface area contributed by atoms with Crippen molar-refractivity contribution in [3.05, 3.63) is 36.2 Å². The SMILES string of the molecule is CC(C)(CC(=O)O[C@H]1CC[C@]2(C)[C@H]3CC[C@@H]4[C@H]5[C@H](C(C)(O)CO)CC[C@]5(C(=O)N5CCC[C@@H]5c5nc(-c6ccccc6)no5)CC[C@@]4(C)[C@]3(C)CC[C@H]2C1(C)C)C(=O)O. The number of aliphatic hydroxyl groups excluding tert-OH is 1. The molecule has 1 amide bonds. The molecule has 6 aliphatic rings. The van der Waals surface area contributed by atoms with Crippen molar-refractivity contribution >= 4 is 17.8 Å². The average molecular weight is 816 g/mol. The summed E-state index contributed by atoms with van der Waals surface area (Å²) in [6, 6.07) is 9.47. The van der Waals surface area contributed by atoms with E-state index in [1.807, 2.05) is 35.2 Å². The minimum atomic E-state index is -1.31. The van der Waals surface area contributed by atoms with Gasteiger partial charge in [0.05, 0.1) is 29.5 Å². The first-order valence-corrected chi connectivity index (χ1v) is 22.6. The third-order valence-electron chi connectivity index (χ3n) is 18.6. The average Bonchev–Trinajstić information content (AvgIpc) is 3.96. The molecule has 0 spiro atoms. The summed E-state index contributed by atoms with van der Waals surface area (Å²) in [4.78, 5) is 47.4. The number of nitrogens with zero attached hydrogens (tertiary/aromatic N) is 3. The molecule has 0 bridgehead atoms. The fourth-order valence-corrected chi connectivity index (χ4v) is 15.2. The second-order valence-corrected chi connectivity index (χ2v) is 22.2. The zero-order valence-electron chi connectivity index (χ0n) is 36.8. The third-order valence-corrected chi connectivity index (χ3v) is 18.6. The van der Waals surface area contributed by atoms with Gasteiger partial charge in [0.25, 0.3) is 0 Å². The molecular weight excluding hydrogens is 747 g/mol. The number of carboxylic acid groups (broad SMARTS) is 1. The van der Waals surface area contributed by atoms with Crippen LogP contribution in [0.5, 0.6) is 0 Å². The number of carbonyl (C=O) groups excluding carboxylic acids is 2. The van der Waals surface area contributed by atoms with E-state index in [1.54, 1.807) is 20.8 Å². The van der Waals surface area contributed by atoms with E-state index in [2.05, 4.69) is 39.8 Å². The van der Waals surface area contributed by atoms with Crippen LogP contribution < -0.4 is 0 Å². The van der Waals surface area contributed by atoms with Gasteiger partial charge in [-0.3, -0.25) is 14.4 Å². The number of hydrogen-bond acceptors (Lipinski definition) is 9. The Hall–Kier alpha value is -3.31. The molecule has 11 nitrogen and oxygen atoms in total. The summed E-state index contributed by atoms with van der Waals surface area (Å²) in [6.07, 6.45) is 9.99. The summed E-state index contributed by atoms with van der Waals surface area (Å²) < 4.78 is 12.1. The number of carboxylic acids is 1. The Bertz CT molecular complexity index is 1940. The fraction of sp³-hybridized carbons (Fsp3) is 0.771. The van der Waals surface area contributed by atoms with Gasteiger partial charge in [0.15, 0.2) is 0 Å². The van der Waals surface area contributed by atoms with Gasteiger partial charge in [-0.25, -0.2) is 0 Å². The molecule has 2 aromatic rings. The van der Waals surface area contributed by atoms with Crippen molar-refractivity contribution in [1.29, 1.82) is 0 Å². The highest BCUT2D eigenvalue weighted by atomic mass is 16.5. The summed E-state index contributed by atoms with van der Waals surface area (Å²) in [5.74, 6) is 0.383. The molecule has 2 heterocycles. The summed E-state index contributed by atoms with van der Waals surface area (Å²) in [5.41, 5.74) is -2.67. The normalized spacial score (nSPS) is 39.9. The van der Waals surface area contributed by atoms with Crippen LogP contribution in [0.1, 0.15) is 151 Å². The molecule has 1 aromatic heterocycles. The molecule has 1 aromatic carbocycles. The number of carbonyl (C=O) groups is 3. The van der Waals surface area contributed by atoms with Crippen LogP contribution in [0.25, 0.3) is 11.4 Å². The number of aliphatic carboxylic acids is 1. The number of benzene rings is 1. The number of aromatic nitrogens is 2. The predicted octanol–water partition coefficient (Wildman–Crippen LogP) is 8.64. The van der Waals surface area contributed by atoms with E-state index in [1.165, 1.54) is 0 Å². The molecule has 12 atom stereocenters. The lowest BCUT2D eigenvalue weighted by Crippen LogP contribution is -2.68. The molecule has 1 unspecified atom stereocenters. The second kappa shape index (κ2) is 14.4. The van der Waals surface area contributed by atoms with Crippen LogP contribution in [0.4, 0.5) is 0 Å². The lowest BCUT2D eigenvalue weighted by atomic mass is 9.32. The van der Waals surface area contributed by atoms with Crippen molar-refractivity contribution in [3.63, 3.8) is 0 Å². The number of fused-ring (bicyclic) bond motifs is 7. The first kappa shape index (κ1) is 42.4. The fourth-order valence-electron chi connectivity index (χ4n) is 15.2. The quantitative estimate of drug-likeness (QED) is 0.209. The van der Waals surface area contributed by atoms with Crippen LogP contribution in [-0.2, 0) is 19.1 Å². The molecule has 0 radical (unpaired) electrons. The van der Waals surface area contributed by atoms with Crippen LogP contribution in [-0.4, -0.2) is 73.1 Å². The van der Waals surface area contributed by atoms with E-state index in [9.17, 15) is 24.9 Å². The number of ether oxygens (including phenoxy) is 1. The van der Waals surface area contributed by atoms with E-state index in [0.29, 0.717) is 42.9 Å². The third kappa shape index (κ3) is 6.35. The molecule has 11 heteroatoms. The van der Waals surface area contributed by atoms with Crippen molar-refractivity contribution in [3.8, 4) is 11.4 Å². The zero-order valence-corrected chi connectivity index (χ0v) is 36.8. The van der Waals surface area contributed by atoms with E-state index in [0.717, 1.165) is 69.8 Å². The van der Waals surface area contributed by atoms with Crippen LogP contribution in [0, 0.1) is 62.1 Å². The first-order chi connectivity index (χ1) is 27.7. The molecule has 3 N–H and O–H groups in total. The van der Waals surface area contributed by atoms with Gasteiger partial charge in [-0.2, -0.15) is 4.98 Å². The smallest absolute Gasteiger partial charge is 0.309 e. The highest BCUT2D eigenvalue weighted by Gasteiger charge is 2.73. The summed E-state index contributed by atoms with van der Waals surface area (Å²) in [7, 11) is 0. The number of amides is 1. The lowest BCUT2D eigenvalue weighted by molar-refractivity contribution is -0.254. The Kier molecular flexibility index (Phi) is 10.3. The molecule has 59 heavy (non-hydrogen) atoms. The maximum absolute atomic E-state index is 15.5. The Balaban J connectivity index is 1.08. The van der Waals surface area contributed by atoms with Crippen molar-refractivity contribution in [2.24, 2.45) is 62.1 Å². The van der Waals surface area contributed by atoms with E-state index >= 15 is 4.79 Å². The largest absolute Gasteiger partial charge is 0.481 e. The van der Waals surface area contributed by atoms with Gasteiger partial charge in [-0.05, 0) is 144 Å². The second-order valence-electron chi connectivity index (χ2n) is 22.2. The van der Waals surface area contributed by atoms with Crippen molar-refractivity contribution in [1.82, 2.24) is 15.0 Å². The van der Waals surface area contributed by atoms with Gasteiger partial charge >= 0.3 is 11.9 Å². The monoisotopic (exact) mass is 816 g/mol. The van der Waals surface area contributed by atoms with Gasteiger partial charge in [0.1, 0.15) is 12.1 Å². The molecule has 5 saturated carbocycles. The molecule has 324 valence electrons. The number of rotatable bonds is 9. The summed E-state index contributed by atoms with van der Waals surface area (Å²) in [6.45, 7) is 17.3. The highest BCUT2D eigenvalue weighted by Crippen LogP contribution is 2.78. The Morgan fingerprint density at radius 1 is 0.881 bits per heavy atom. The van der Waals surface area contributed by atoms with Crippen LogP contribution in [0.15, 0.2) is 34.9 Å². The Morgan fingerprint density at radius 2 is 1.61 bits per heavy atom. The molecule has 5 aliphatic carbocycles. The van der Waals surface area contributed by atoms with Crippen LogP contribution >= 0.6 is 0 Å². The minimum Gasteiger partial charge on any atom is -0.481 e. The first-order valence-electron chi connectivity index (χ1n) is 22.6. The van der Waals surface area contributed by atoms with Gasteiger partial charge in [-0.1, -0.05) is 70.1 Å². The van der Waals surface area contributed by atoms with Crippen molar-refractivity contribution in [2.75, 3.05) is 13.2 Å². The van der Waals surface area contributed by atoms with Gasteiger partial charge in [0.2, 0.25) is 17.6 Å². The van der Waals surface area contributed by atoms with Crippen molar-refractivity contribution in [2.45, 2.75) is 157 Å². The summed E-state index contributed by atoms with van der Waals surface area (Å²) in [5, 5.41) is 36.7. The van der Waals surface area contributed by atoms with Crippen LogP contribution in [0.3, 0.4) is 0 Å². The maximum Gasteiger partial charge on any atom is 0.309 e. The van der Waals surface area contributed by atoms with E-state index < -0.39 is 28.4 Å². The zero-order chi connectivity index (χ0) is 42.6.